The third-order valence-corrected chi connectivity index (χ3v) is 4.21. The summed E-state index contributed by atoms with van der Waals surface area (Å²) >= 11 is 6.10. The van der Waals surface area contributed by atoms with Crippen LogP contribution in [0.2, 0.25) is 5.02 Å². The fraction of sp³-hybridized carbons (Fsp3) is 0.533. The second-order valence-electron chi connectivity index (χ2n) is 5.19. The number of benzene rings is 1. The number of likely N-dealkylation sites (N-methyl/N-ethyl adjacent to an activating group) is 1. The Labute approximate surface area is 130 Å². The van der Waals surface area contributed by atoms with Gasteiger partial charge in [0.15, 0.2) is 0 Å². The van der Waals surface area contributed by atoms with Gasteiger partial charge in [0.05, 0.1) is 18.2 Å². The quantitative estimate of drug-likeness (QED) is 0.924. The Morgan fingerprint density at radius 3 is 2.71 bits per heavy atom. The molecule has 1 aliphatic rings. The van der Waals surface area contributed by atoms with Gasteiger partial charge in [0, 0.05) is 25.9 Å². The van der Waals surface area contributed by atoms with Crippen LogP contribution in [0.25, 0.3) is 0 Å². The fourth-order valence-electron chi connectivity index (χ4n) is 2.49. The Kier molecular flexibility index (Phi) is 5.45. The standard InChI is InChI=1S/C15H21ClN2O3/c1-18(11-3-4-13(20-2)12(16)9-11)15(19)14(17)10-5-7-21-8-6-10/h3-4,9-10,14H,5-8,17H2,1-2H3. The summed E-state index contributed by atoms with van der Waals surface area (Å²) < 4.78 is 10.4. The van der Waals surface area contributed by atoms with E-state index >= 15 is 0 Å². The third-order valence-electron chi connectivity index (χ3n) is 3.91. The van der Waals surface area contributed by atoms with Crippen LogP contribution in [0.3, 0.4) is 0 Å². The van der Waals surface area contributed by atoms with Crippen LogP contribution in [0, 0.1) is 5.92 Å². The largest absolute Gasteiger partial charge is 0.495 e. The molecule has 5 nitrogen and oxygen atoms in total. The second kappa shape index (κ2) is 7.11. The summed E-state index contributed by atoms with van der Waals surface area (Å²) in [7, 11) is 3.26. The van der Waals surface area contributed by atoms with Crippen molar-refractivity contribution in [1.29, 1.82) is 0 Å². The average molecular weight is 313 g/mol. The number of hydrogen-bond donors (Lipinski definition) is 1. The maximum atomic E-state index is 12.5. The summed E-state index contributed by atoms with van der Waals surface area (Å²) in [6.45, 7) is 1.34. The van der Waals surface area contributed by atoms with Crippen LogP contribution in [0.1, 0.15) is 12.8 Å². The molecule has 1 heterocycles. The number of hydrogen-bond acceptors (Lipinski definition) is 4. The number of ether oxygens (including phenoxy) is 2. The Hall–Kier alpha value is -1.30. The van der Waals surface area contributed by atoms with E-state index in [0.29, 0.717) is 29.7 Å². The van der Waals surface area contributed by atoms with Crippen molar-refractivity contribution in [2.24, 2.45) is 11.7 Å². The molecule has 1 unspecified atom stereocenters. The van der Waals surface area contributed by atoms with E-state index in [1.807, 2.05) is 0 Å². The summed E-state index contributed by atoms with van der Waals surface area (Å²) in [5.41, 5.74) is 6.82. The molecule has 0 bridgehead atoms. The summed E-state index contributed by atoms with van der Waals surface area (Å²) in [6.07, 6.45) is 1.65. The van der Waals surface area contributed by atoms with Crippen molar-refractivity contribution in [2.75, 3.05) is 32.3 Å². The number of anilines is 1. The number of nitrogens with two attached hydrogens (primary N) is 1. The van der Waals surface area contributed by atoms with E-state index in [9.17, 15) is 4.79 Å². The minimum absolute atomic E-state index is 0.108. The van der Waals surface area contributed by atoms with Gasteiger partial charge in [-0.2, -0.15) is 0 Å². The van der Waals surface area contributed by atoms with Crippen molar-refractivity contribution >= 4 is 23.2 Å². The molecule has 0 aliphatic carbocycles. The first-order chi connectivity index (χ1) is 10.0. The van der Waals surface area contributed by atoms with E-state index < -0.39 is 6.04 Å². The molecule has 2 rings (SSSR count). The minimum Gasteiger partial charge on any atom is -0.495 e. The molecule has 1 amide bonds. The van der Waals surface area contributed by atoms with Crippen LogP contribution in [0.4, 0.5) is 5.69 Å². The Balaban J connectivity index is 2.09. The van der Waals surface area contributed by atoms with Crippen LogP contribution < -0.4 is 15.4 Å². The molecule has 0 aromatic heterocycles. The molecule has 116 valence electrons. The third kappa shape index (κ3) is 3.67. The van der Waals surface area contributed by atoms with Gasteiger partial charge in [0.25, 0.3) is 0 Å². The van der Waals surface area contributed by atoms with Crippen LogP contribution in [-0.4, -0.2) is 39.3 Å². The first kappa shape index (κ1) is 16.1. The van der Waals surface area contributed by atoms with Crippen molar-refractivity contribution < 1.29 is 14.3 Å². The van der Waals surface area contributed by atoms with Gasteiger partial charge < -0.3 is 20.1 Å². The Bertz CT molecular complexity index is 504. The molecule has 1 saturated heterocycles. The highest BCUT2D eigenvalue weighted by molar-refractivity contribution is 6.32. The molecular formula is C15H21ClN2O3. The van der Waals surface area contributed by atoms with Crippen LogP contribution in [0.5, 0.6) is 5.75 Å². The predicted octanol–water partition coefficient (Wildman–Crippen LogP) is 2.07. The lowest BCUT2D eigenvalue weighted by Crippen LogP contribution is -2.47. The lowest BCUT2D eigenvalue weighted by molar-refractivity contribution is -0.121. The zero-order valence-corrected chi connectivity index (χ0v) is 13.1. The number of amides is 1. The highest BCUT2D eigenvalue weighted by Gasteiger charge is 2.29. The second-order valence-corrected chi connectivity index (χ2v) is 5.60. The maximum absolute atomic E-state index is 12.5. The van der Waals surface area contributed by atoms with Crippen molar-refractivity contribution in [3.05, 3.63) is 23.2 Å². The highest BCUT2D eigenvalue weighted by Crippen LogP contribution is 2.29. The summed E-state index contributed by atoms with van der Waals surface area (Å²) in [6, 6.07) is 4.72. The number of nitrogens with zero attached hydrogens (tertiary/aromatic N) is 1. The van der Waals surface area contributed by atoms with Gasteiger partial charge >= 0.3 is 0 Å². The molecule has 1 aromatic rings. The van der Waals surface area contributed by atoms with Gasteiger partial charge in [0.2, 0.25) is 5.91 Å². The van der Waals surface area contributed by atoms with Gasteiger partial charge in [0.1, 0.15) is 5.75 Å². The van der Waals surface area contributed by atoms with Crippen LogP contribution >= 0.6 is 11.6 Å². The smallest absolute Gasteiger partial charge is 0.243 e. The van der Waals surface area contributed by atoms with E-state index in [2.05, 4.69) is 0 Å². The maximum Gasteiger partial charge on any atom is 0.243 e. The van der Waals surface area contributed by atoms with Gasteiger partial charge in [-0.25, -0.2) is 0 Å². The average Bonchev–Trinajstić information content (AvgIpc) is 2.53. The van der Waals surface area contributed by atoms with E-state index in [1.165, 1.54) is 0 Å². The molecule has 0 spiro atoms. The van der Waals surface area contributed by atoms with Crippen molar-refractivity contribution in [1.82, 2.24) is 0 Å². The Morgan fingerprint density at radius 2 is 2.14 bits per heavy atom. The summed E-state index contributed by atoms with van der Waals surface area (Å²) in [4.78, 5) is 14.0. The van der Waals surface area contributed by atoms with Gasteiger partial charge in [-0.1, -0.05) is 11.6 Å². The fourth-order valence-corrected chi connectivity index (χ4v) is 2.74. The number of carbonyl (C=O) groups is 1. The molecule has 1 aliphatic heterocycles. The molecule has 21 heavy (non-hydrogen) atoms. The predicted molar refractivity (Wildman–Crippen MR) is 82.9 cm³/mol. The lowest BCUT2D eigenvalue weighted by Gasteiger charge is -2.30. The first-order valence-electron chi connectivity index (χ1n) is 6.99. The van der Waals surface area contributed by atoms with E-state index in [1.54, 1.807) is 37.3 Å². The Morgan fingerprint density at radius 1 is 1.48 bits per heavy atom. The molecule has 0 saturated carbocycles. The zero-order valence-electron chi connectivity index (χ0n) is 12.3. The SMILES string of the molecule is COc1ccc(N(C)C(=O)C(N)C2CCOCC2)cc1Cl. The molecule has 1 aromatic carbocycles. The van der Waals surface area contributed by atoms with Crippen LogP contribution in [0.15, 0.2) is 18.2 Å². The first-order valence-corrected chi connectivity index (χ1v) is 7.37. The summed E-state index contributed by atoms with van der Waals surface area (Å²) in [5.74, 6) is 0.639. The van der Waals surface area contributed by atoms with E-state index in [0.717, 1.165) is 12.8 Å². The lowest BCUT2D eigenvalue weighted by atomic mass is 9.91. The number of methoxy groups -OCH3 is 1. The summed E-state index contributed by atoms with van der Waals surface area (Å²) in [5, 5.41) is 0.467. The number of carbonyl (C=O) groups excluding carboxylic acids is 1. The minimum atomic E-state index is -0.514. The molecule has 6 heteroatoms. The molecule has 2 N–H and O–H groups in total. The van der Waals surface area contributed by atoms with Crippen molar-refractivity contribution in [2.45, 2.75) is 18.9 Å². The van der Waals surface area contributed by atoms with Gasteiger partial charge in [-0.15, -0.1) is 0 Å². The van der Waals surface area contributed by atoms with Crippen molar-refractivity contribution in [3.63, 3.8) is 0 Å². The number of rotatable bonds is 4. The topological polar surface area (TPSA) is 64.8 Å². The van der Waals surface area contributed by atoms with Crippen LogP contribution in [-0.2, 0) is 9.53 Å². The number of halogens is 1. The van der Waals surface area contributed by atoms with E-state index in [-0.39, 0.29) is 11.8 Å². The molecule has 0 radical (unpaired) electrons. The normalized spacial score (nSPS) is 17.3. The van der Waals surface area contributed by atoms with Crippen molar-refractivity contribution in [3.8, 4) is 5.75 Å². The highest BCUT2D eigenvalue weighted by atomic mass is 35.5. The molecular weight excluding hydrogens is 292 g/mol. The van der Waals surface area contributed by atoms with E-state index in [4.69, 9.17) is 26.8 Å². The van der Waals surface area contributed by atoms with Gasteiger partial charge in [-0.05, 0) is 37.0 Å². The molecule has 1 atom stereocenters. The zero-order chi connectivity index (χ0) is 15.4. The monoisotopic (exact) mass is 312 g/mol. The molecule has 1 fully saturated rings. The van der Waals surface area contributed by atoms with Gasteiger partial charge in [-0.3, -0.25) is 4.79 Å².